The van der Waals surface area contributed by atoms with Gasteiger partial charge in [0.15, 0.2) is 12.4 Å². The molecule has 0 spiro atoms. The van der Waals surface area contributed by atoms with Crippen LogP contribution < -0.4 is 15.0 Å². The predicted molar refractivity (Wildman–Crippen MR) is 128 cm³/mol. The van der Waals surface area contributed by atoms with Crippen molar-refractivity contribution < 1.29 is 9.53 Å². The van der Waals surface area contributed by atoms with Crippen molar-refractivity contribution in [3.05, 3.63) is 65.7 Å². The molecule has 1 N–H and O–H groups in total. The van der Waals surface area contributed by atoms with E-state index in [1.807, 2.05) is 68.4 Å². The average Bonchev–Trinajstić information content (AvgIpc) is 2.81. The summed E-state index contributed by atoms with van der Waals surface area (Å²) in [6.07, 6.45) is 2.40. The molecule has 0 saturated carbocycles. The molecular formula is C26H30N4O2. The highest BCUT2D eigenvalue weighted by atomic mass is 16.5. The molecule has 32 heavy (non-hydrogen) atoms. The standard InChI is InChI=1S/C26H30N4O2/c1-18-12-14-30(15-13-18)25-11-10-23(28-29-25)21-6-8-22(9-7-21)27-26(31)17-32-24-16-19(2)4-5-20(24)3/h4-11,16,18H,12-15,17H2,1-3H3,(H,27,31). The molecule has 1 aliphatic rings. The van der Waals surface area contributed by atoms with E-state index in [1.165, 1.54) is 12.8 Å². The van der Waals surface area contributed by atoms with Gasteiger partial charge >= 0.3 is 0 Å². The fourth-order valence-electron chi connectivity index (χ4n) is 3.81. The smallest absolute Gasteiger partial charge is 0.262 e. The van der Waals surface area contributed by atoms with E-state index in [4.69, 9.17) is 4.74 Å². The van der Waals surface area contributed by atoms with E-state index in [0.717, 1.165) is 58.6 Å². The third-order valence-electron chi connectivity index (χ3n) is 5.92. The molecule has 3 aromatic rings. The summed E-state index contributed by atoms with van der Waals surface area (Å²) < 4.78 is 5.68. The number of ether oxygens (including phenoxy) is 1. The number of piperidine rings is 1. The van der Waals surface area contributed by atoms with Crippen LogP contribution in [-0.2, 0) is 4.79 Å². The van der Waals surface area contributed by atoms with Crippen molar-refractivity contribution in [1.29, 1.82) is 0 Å². The highest BCUT2D eigenvalue weighted by molar-refractivity contribution is 5.92. The Morgan fingerprint density at radius 2 is 1.78 bits per heavy atom. The number of nitrogens with zero attached hydrogens (tertiary/aromatic N) is 3. The number of hydrogen-bond donors (Lipinski definition) is 1. The topological polar surface area (TPSA) is 67.3 Å². The molecule has 1 aliphatic heterocycles. The lowest BCUT2D eigenvalue weighted by Crippen LogP contribution is -2.33. The summed E-state index contributed by atoms with van der Waals surface area (Å²) in [7, 11) is 0. The summed E-state index contributed by atoms with van der Waals surface area (Å²) in [4.78, 5) is 14.6. The van der Waals surface area contributed by atoms with Gasteiger partial charge < -0.3 is 15.0 Å². The summed E-state index contributed by atoms with van der Waals surface area (Å²) in [5.41, 5.74) is 4.60. The number of rotatable bonds is 6. The molecule has 166 valence electrons. The van der Waals surface area contributed by atoms with Crippen molar-refractivity contribution in [3.63, 3.8) is 0 Å². The maximum absolute atomic E-state index is 12.3. The summed E-state index contributed by atoms with van der Waals surface area (Å²) in [5.74, 6) is 2.26. The van der Waals surface area contributed by atoms with Crippen LogP contribution in [0.3, 0.4) is 0 Å². The normalized spacial score (nSPS) is 14.3. The second-order valence-electron chi connectivity index (χ2n) is 8.63. The van der Waals surface area contributed by atoms with Crippen LogP contribution in [0.2, 0.25) is 0 Å². The Kier molecular flexibility index (Phi) is 6.69. The Balaban J connectivity index is 1.32. The summed E-state index contributed by atoms with van der Waals surface area (Å²) in [6.45, 7) is 8.31. The van der Waals surface area contributed by atoms with Crippen LogP contribution >= 0.6 is 0 Å². The van der Waals surface area contributed by atoms with Gasteiger partial charge in [-0.25, -0.2) is 0 Å². The van der Waals surface area contributed by atoms with Crippen molar-refractivity contribution in [2.75, 3.05) is 29.9 Å². The van der Waals surface area contributed by atoms with Gasteiger partial charge in [0.05, 0.1) is 5.69 Å². The van der Waals surface area contributed by atoms with Crippen molar-refractivity contribution in [1.82, 2.24) is 10.2 Å². The average molecular weight is 431 g/mol. The van der Waals surface area contributed by atoms with Gasteiger partial charge in [-0.3, -0.25) is 4.79 Å². The number of aromatic nitrogens is 2. The van der Waals surface area contributed by atoms with Crippen LogP contribution in [0, 0.1) is 19.8 Å². The van der Waals surface area contributed by atoms with E-state index in [2.05, 4.69) is 27.3 Å². The number of carbonyl (C=O) groups is 1. The number of nitrogens with one attached hydrogen (secondary N) is 1. The van der Waals surface area contributed by atoms with Gasteiger partial charge in [-0.15, -0.1) is 10.2 Å². The van der Waals surface area contributed by atoms with E-state index in [0.29, 0.717) is 0 Å². The Hall–Kier alpha value is -3.41. The monoisotopic (exact) mass is 430 g/mol. The molecule has 4 rings (SSSR count). The quantitative estimate of drug-likeness (QED) is 0.595. The first-order chi connectivity index (χ1) is 15.5. The molecule has 0 atom stereocenters. The zero-order valence-corrected chi connectivity index (χ0v) is 19.0. The van der Waals surface area contributed by atoms with Crippen LogP contribution in [0.1, 0.15) is 30.9 Å². The number of aryl methyl sites for hydroxylation is 2. The van der Waals surface area contributed by atoms with E-state index < -0.39 is 0 Å². The van der Waals surface area contributed by atoms with Gasteiger partial charge in [0.2, 0.25) is 0 Å². The van der Waals surface area contributed by atoms with Crippen molar-refractivity contribution in [2.45, 2.75) is 33.6 Å². The second-order valence-corrected chi connectivity index (χ2v) is 8.63. The minimum Gasteiger partial charge on any atom is -0.483 e. The fourth-order valence-corrected chi connectivity index (χ4v) is 3.81. The molecule has 1 amide bonds. The number of hydrogen-bond acceptors (Lipinski definition) is 5. The van der Waals surface area contributed by atoms with Gasteiger partial charge in [-0.1, -0.05) is 31.2 Å². The molecule has 0 aliphatic carbocycles. The molecule has 0 radical (unpaired) electrons. The highest BCUT2D eigenvalue weighted by Crippen LogP contribution is 2.24. The summed E-state index contributed by atoms with van der Waals surface area (Å²) in [5, 5.41) is 11.7. The largest absolute Gasteiger partial charge is 0.483 e. The third-order valence-corrected chi connectivity index (χ3v) is 5.92. The lowest BCUT2D eigenvalue weighted by Gasteiger charge is -2.30. The first kappa shape index (κ1) is 21.8. The molecular weight excluding hydrogens is 400 g/mol. The summed E-state index contributed by atoms with van der Waals surface area (Å²) >= 11 is 0. The van der Waals surface area contributed by atoms with Crippen molar-refractivity contribution in [3.8, 4) is 17.0 Å². The van der Waals surface area contributed by atoms with Gasteiger partial charge in [0.25, 0.3) is 5.91 Å². The van der Waals surface area contributed by atoms with E-state index >= 15 is 0 Å². The van der Waals surface area contributed by atoms with Gasteiger partial charge in [0, 0.05) is 24.3 Å². The maximum Gasteiger partial charge on any atom is 0.262 e. The predicted octanol–water partition coefficient (Wildman–Crippen LogP) is 5.01. The van der Waals surface area contributed by atoms with Gasteiger partial charge in [0.1, 0.15) is 5.75 Å². The van der Waals surface area contributed by atoms with Crippen LogP contribution in [0.25, 0.3) is 11.3 Å². The van der Waals surface area contributed by atoms with E-state index in [1.54, 1.807) is 0 Å². The molecule has 6 heteroatoms. The minimum absolute atomic E-state index is 0.0335. The van der Waals surface area contributed by atoms with Crippen LogP contribution in [0.15, 0.2) is 54.6 Å². The molecule has 6 nitrogen and oxygen atoms in total. The van der Waals surface area contributed by atoms with Crippen molar-refractivity contribution >= 4 is 17.4 Å². The minimum atomic E-state index is -0.196. The maximum atomic E-state index is 12.3. The Labute approximate surface area is 189 Å². The van der Waals surface area contributed by atoms with Gasteiger partial charge in [-0.05, 0) is 74.1 Å². The molecule has 1 fully saturated rings. The lowest BCUT2D eigenvalue weighted by atomic mass is 9.99. The zero-order valence-electron chi connectivity index (χ0n) is 19.0. The Morgan fingerprint density at radius 3 is 2.47 bits per heavy atom. The van der Waals surface area contributed by atoms with E-state index in [-0.39, 0.29) is 12.5 Å². The number of anilines is 2. The molecule has 1 aromatic heterocycles. The molecule has 0 unspecified atom stereocenters. The van der Waals surface area contributed by atoms with Crippen LogP contribution in [0.5, 0.6) is 5.75 Å². The number of benzene rings is 2. The molecule has 1 saturated heterocycles. The van der Waals surface area contributed by atoms with Crippen molar-refractivity contribution in [2.24, 2.45) is 5.92 Å². The molecule has 0 bridgehead atoms. The second kappa shape index (κ2) is 9.81. The van der Waals surface area contributed by atoms with E-state index in [9.17, 15) is 4.79 Å². The Morgan fingerprint density at radius 1 is 1.03 bits per heavy atom. The first-order valence-electron chi connectivity index (χ1n) is 11.2. The van der Waals surface area contributed by atoms with Crippen LogP contribution in [-0.4, -0.2) is 35.8 Å². The Bertz CT molecular complexity index is 1060. The molecule has 2 aromatic carbocycles. The number of carbonyl (C=O) groups excluding carboxylic acids is 1. The lowest BCUT2D eigenvalue weighted by molar-refractivity contribution is -0.118. The van der Waals surface area contributed by atoms with Gasteiger partial charge in [-0.2, -0.15) is 0 Å². The third kappa shape index (κ3) is 5.44. The highest BCUT2D eigenvalue weighted by Gasteiger charge is 2.17. The van der Waals surface area contributed by atoms with Crippen LogP contribution in [0.4, 0.5) is 11.5 Å². The fraction of sp³-hybridized carbons (Fsp3) is 0.346. The molecule has 2 heterocycles. The zero-order chi connectivity index (χ0) is 22.5. The number of amides is 1. The first-order valence-corrected chi connectivity index (χ1v) is 11.2. The summed E-state index contributed by atoms with van der Waals surface area (Å²) in [6, 6.07) is 17.6. The SMILES string of the molecule is Cc1ccc(C)c(OCC(=O)Nc2ccc(-c3ccc(N4CCC(C)CC4)nn3)cc2)c1.